The van der Waals surface area contributed by atoms with Crippen molar-refractivity contribution in [3.05, 3.63) is 11.7 Å². The Hall–Kier alpha value is -1.02. The standard InChI is InChI=1S/C14H27N5O2/c1-4-14-15-13(16-21-14)11-18(3)9-12(20)10-19-7-5-17(2)6-8-19/h12,20H,4-11H2,1-3H3. The van der Waals surface area contributed by atoms with Gasteiger partial charge >= 0.3 is 0 Å². The number of piperazine rings is 1. The molecule has 1 fully saturated rings. The van der Waals surface area contributed by atoms with Crippen molar-refractivity contribution in [2.45, 2.75) is 26.0 Å². The Labute approximate surface area is 126 Å². The van der Waals surface area contributed by atoms with E-state index < -0.39 is 0 Å². The van der Waals surface area contributed by atoms with Gasteiger partial charge in [0.05, 0.1) is 12.6 Å². The van der Waals surface area contributed by atoms with Crippen LogP contribution in [0, 0.1) is 0 Å². The fourth-order valence-electron chi connectivity index (χ4n) is 2.55. The molecule has 2 heterocycles. The summed E-state index contributed by atoms with van der Waals surface area (Å²) in [6.07, 6.45) is 0.402. The van der Waals surface area contributed by atoms with Crippen molar-refractivity contribution < 1.29 is 9.63 Å². The number of aromatic nitrogens is 2. The molecule has 1 saturated heterocycles. The largest absolute Gasteiger partial charge is 0.390 e. The minimum atomic E-state index is -0.351. The zero-order valence-electron chi connectivity index (χ0n) is 13.3. The van der Waals surface area contributed by atoms with Crippen LogP contribution >= 0.6 is 0 Å². The van der Waals surface area contributed by atoms with E-state index in [1.54, 1.807) is 0 Å². The lowest BCUT2D eigenvalue weighted by molar-refractivity contribution is 0.0588. The molecule has 0 amide bonds. The smallest absolute Gasteiger partial charge is 0.226 e. The van der Waals surface area contributed by atoms with E-state index in [9.17, 15) is 5.11 Å². The molecule has 0 radical (unpaired) electrons. The van der Waals surface area contributed by atoms with Gasteiger partial charge in [-0.1, -0.05) is 12.1 Å². The molecular weight excluding hydrogens is 270 g/mol. The van der Waals surface area contributed by atoms with Gasteiger partial charge in [-0.3, -0.25) is 9.80 Å². The third-order valence-corrected chi connectivity index (χ3v) is 3.81. The number of hydrogen-bond acceptors (Lipinski definition) is 7. The Bertz CT molecular complexity index is 417. The highest BCUT2D eigenvalue weighted by Gasteiger charge is 2.18. The van der Waals surface area contributed by atoms with Crippen molar-refractivity contribution in [1.29, 1.82) is 0 Å². The number of hydrogen-bond donors (Lipinski definition) is 1. The fraction of sp³-hybridized carbons (Fsp3) is 0.857. The van der Waals surface area contributed by atoms with Gasteiger partial charge in [0.2, 0.25) is 5.89 Å². The topological polar surface area (TPSA) is 68.9 Å². The summed E-state index contributed by atoms with van der Waals surface area (Å²) in [7, 11) is 4.10. The molecule has 7 nitrogen and oxygen atoms in total. The fourth-order valence-corrected chi connectivity index (χ4v) is 2.55. The highest BCUT2D eigenvalue weighted by atomic mass is 16.5. The van der Waals surface area contributed by atoms with E-state index in [-0.39, 0.29) is 6.10 Å². The number of rotatable bonds is 7. The summed E-state index contributed by atoms with van der Waals surface area (Å²) in [5.41, 5.74) is 0. The molecular formula is C14H27N5O2. The third kappa shape index (κ3) is 5.35. The number of β-amino-alcohol motifs (C(OH)–C–C–N with tert-alkyl or cyclic N) is 1. The first-order valence-electron chi connectivity index (χ1n) is 7.65. The maximum atomic E-state index is 10.2. The molecule has 21 heavy (non-hydrogen) atoms. The maximum absolute atomic E-state index is 10.2. The molecule has 1 atom stereocenters. The first-order valence-corrected chi connectivity index (χ1v) is 7.65. The minimum Gasteiger partial charge on any atom is -0.390 e. The van der Waals surface area contributed by atoms with Crippen LogP contribution in [0.25, 0.3) is 0 Å². The molecule has 1 unspecified atom stereocenters. The average Bonchev–Trinajstić information content (AvgIpc) is 2.88. The molecule has 1 aliphatic heterocycles. The molecule has 120 valence electrons. The van der Waals surface area contributed by atoms with Crippen LogP contribution in [0.15, 0.2) is 4.52 Å². The maximum Gasteiger partial charge on any atom is 0.226 e. The molecule has 0 aromatic carbocycles. The summed E-state index contributed by atoms with van der Waals surface area (Å²) in [6.45, 7) is 8.14. The predicted octanol–water partition coefficient (Wildman–Crippen LogP) is -0.328. The Morgan fingerprint density at radius 2 is 2.05 bits per heavy atom. The van der Waals surface area contributed by atoms with Crippen molar-refractivity contribution in [2.75, 3.05) is 53.4 Å². The van der Waals surface area contributed by atoms with Crippen molar-refractivity contribution >= 4 is 0 Å². The van der Waals surface area contributed by atoms with E-state index in [0.29, 0.717) is 24.8 Å². The van der Waals surface area contributed by atoms with Crippen LogP contribution in [0.3, 0.4) is 0 Å². The van der Waals surface area contributed by atoms with Gasteiger partial charge in [-0.05, 0) is 14.1 Å². The van der Waals surface area contributed by atoms with Crippen molar-refractivity contribution in [3.63, 3.8) is 0 Å². The van der Waals surface area contributed by atoms with Gasteiger partial charge in [0.25, 0.3) is 0 Å². The van der Waals surface area contributed by atoms with E-state index in [1.165, 1.54) is 0 Å². The van der Waals surface area contributed by atoms with Crippen molar-refractivity contribution in [1.82, 2.24) is 24.8 Å². The highest BCUT2D eigenvalue weighted by Crippen LogP contribution is 2.04. The zero-order chi connectivity index (χ0) is 15.2. The van der Waals surface area contributed by atoms with Crippen LogP contribution in [-0.2, 0) is 13.0 Å². The van der Waals surface area contributed by atoms with Gasteiger partial charge in [-0.15, -0.1) is 0 Å². The van der Waals surface area contributed by atoms with E-state index >= 15 is 0 Å². The van der Waals surface area contributed by atoms with Gasteiger partial charge in [0, 0.05) is 45.7 Å². The Morgan fingerprint density at radius 3 is 2.67 bits per heavy atom. The monoisotopic (exact) mass is 297 g/mol. The Kier molecular flexibility index (Phi) is 6.10. The van der Waals surface area contributed by atoms with E-state index in [0.717, 1.165) is 39.1 Å². The van der Waals surface area contributed by atoms with Crippen LogP contribution in [0.5, 0.6) is 0 Å². The average molecular weight is 297 g/mol. The molecule has 0 saturated carbocycles. The minimum absolute atomic E-state index is 0.351. The lowest BCUT2D eigenvalue weighted by atomic mass is 10.2. The van der Waals surface area contributed by atoms with E-state index in [2.05, 4.69) is 27.0 Å². The van der Waals surface area contributed by atoms with Gasteiger partial charge in [-0.2, -0.15) is 4.98 Å². The zero-order valence-corrected chi connectivity index (χ0v) is 13.3. The SMILES string of the molecule is CCc1nc(CN(C)CC(O)CN2CCN(C)CC2)no1. The molecule has 7 heteroatoms. The lowest BCUT2D eigenvalue weighted by Crippen LogP contribution is -2.48. The van der Waals surface area contributed by atoms with Crippen molar-refractivity contribution in [2.24, 2.45) is 0 Å². The normalized spacial score (nSPS) is 19.3. The third-order valence-electron chi connectivity index (χ3n) is 3.81. The van der Waals surface area contributed by atoms with Gasteiger partial charge < -0.3 is 14.5 Å². The first kappa shape index (κ1) is 16.4. The molecule has 0 aliphatic carbocycles. The number of nitrogens with zero attached hydrogens (tertiary/aromatic N) is 5. The van der Waals surface area contributed by atoms with Crippen LogP contribution in [0.4, 0.5) is 0 Å². The molecule has 1 N–H and O–H groups in total. The summed E-state index contributed by atoms with van der Waals surface area (Å²) < 4.78 is 5.09. The first-order chi connectivity index (χ1) is 10.1. The lowest BCUT2D eigenvalue weighted by Gasteiger charge is -2.34. The summed E-state index contributed by atoms with van der Waals surface area (Å²) in [5, 5.41) is 14.1. The molecule has 0 bridgehead atoms. The molecule has 1 aromatic heterocycles. The molecule has 0 spiro atoms. The van der Waals surface area contributed by atoms with Gasteiger partial charge in [-0.25, -0.2) is 0 Å². The van der Waals surface area contributed by atoms with Crippen LogP contribution in [-0.4, -0.2) is 89.4 Å². The second-order valence-corrected chi connectivity index (χ2v) is 5.91. The molecule has 2 rings (SSSR count). The van der Waals surface area contributed by atoms with Crippen molar-refractivity contribution in [3.8, 4) is 0 Å². The quantitative estimate of drug-likeness (QED) is 0.739. The Balaban J connectivity index is 1.70. The predicted molar refractivity (Wildman–Crippen MR) is 80.0 cm³/mol. The summed E-state index contributed by atoms with van der Waals surface area (Å²) in [6, 6.07) is 0. The second-order valence-electron chi connectivity index (χ2n) is 5.91. The van der Waals surface area contributed by atoms with Crippen LogP contribution < -0.4 is 0 Å². The number of aliphatic hydroxyl groups excluding tert-OH is 1. The van der Waals surface area contributed by atoms with E-state index in [1.807, 2.05) is 18.9 Å². The Morgan fingerprint density at radius 1 is 1.33 bits per heavy atom. The number of aryl methyl sites for hydroxylation is 1. The van der Waals surface area contributed by atoms with Gasteiger partial charge in [0.1, 0.15) is 0 Å². The second kappa shape index (κ2) is 7.84. The molecule has 1 aromatic rings. The van der Waals surface area contributed by atoms with E-state index in [4.69, 9.17) is 4.52 Å². The number of aliphatic hydroxyl groups is 1. The van der Waals surface area contributed by atoms with Crippen LogP contribution in [0.1, 0.15) is 18.6 Å². The summed E-state index contributed by atoms with van der Waals surface area (Å²) in [4.78, 5) is 11.0. The number of likely N-dealkylation sites (N-methyl/N-ethyl adjacent to an activating group) is 2. The van der Waals surface area contributed by atoms with Crippen LogP contribution in [0.2, 0.25) is 0 Å². The summed E-state index contributed by atoms with van der Waals surface area (Å²) in [5.74, 6) is 1.34. The highest BCUT2D eigenvalue weighted by molar-refractivity contribution is 4.86. The van der Waals surface area contributed by atoms with Gasteiger partial charge in [0.15, 0.2) is 5.82 Å². The summed E-state index contributed by atoms with van der Waals surface area (Å²) >= 11 is 0. The molecule has 1 aliphatic rings.